The normalized spacial score (nSPS) is 22.3. The van der Waals surface area contributed by atoms with Gasteiger partial charge in [-0.1, -0.05) is 61.7 Å². The molecule has 0 spiro atoms. The Morgan fingerprint density at radius 3 is 2.42 bits per heavy atom. The molecule has 5 heteroatoms. The molecular weight excluding hydrogens is 346 g/mol. The van der Waals surface area contributed by atoms with Crippen LogP contribution in [0.4, 0.5) is 5.69 Å². The van der Waals surface area contributed by atoms with Crippen molar-refractivity contribution in [2.24, 2.45) is 16.8 Å². The van der Waals surface area contributed by atoms with Gasteiger partial charge in [-0.3, -0.25) is 4.79 Å². The van der Waals surface area contributed by atoms with E-state index in [0.29, 0.717) is 5.02 Å². The van der Waals surface area contributed by atoms with E-state index >= 15 is 0 Å². The summed E-state index contributed by atoms with van der Waals surface area (Å²) in [4.78, 5) is 12.6. The first-order valence-electron chi connectivity index (χ1n) is 8.98. The molecule has 0 fully saturated rings. The summed E-state index contributed by atoms with van der Waals surface area (Å²) in [7, 11) is 0. The lowest BCUT2D eigenvalue weighted by Gasteiger charge is -2.36. The van der Waals surface area contributed by atoms with Crippen LogP contribution < -0.4 is 10.7 Å². The highest BCUT2D eigenvalue weighted by molar-refractivity contribution is 6.30. The molecule has 1 heterocycles. The fraction of sp³-hybridized carbons (Fsp3) is 0.333. The minimum Gasteiger partial charge on any atom is -0.368 e. The Balaban J connectivity index is 2.12. The smallest absolute Gasteiger partial charge is 0.245 e. The van der Waals surface area contributed by atoms with Crippen molar-refractivity contribution in [3.63, 3.8) is 0 Å². The van der Waals surface area contributed by atoms with Gasteiger partial charge in [-0.25, -0.2) is 5.01 Å². The van der Waals surface area contributed by atoms with E-state index < -0.39 is 5.54 Å². The van der Waals surface area contributed by atoms with E-state index in [0.717, 1.165) is 36.2 Å². The first-order chi connectivity index (χ1) is 12.5. The quantitative estimate of drug-likeness (QED) is 0.807. The van der Waals surface area contributed by atoms with E-state index in [4.69, 9.17) is 22.4 Å². The predicted octanol–water partition coefficient (Wildman–Crippen LogP) is 4.61. The van der Waals surface area contributed by atoms with Crippen molar-refractivity contribution in [3.05, 3.63) is 65.2 Å². The zero-order valence-corrected chi connectivity index (χ0v) is 15.9. The van der Waals surface area contributed by atoms with Crippen molar-refractivity contribution in [1.29, 1.82) is 0 Å². The number of primary amides is 1. The van der Waals surface area contributed by atoms with Crippen LogP contribution in [0.25, 0.3) is 0 Å². The molecule has 26 heavy (non-hydrogen) atoms. The Bertz CT molecular complexity index is 804. The molecule has 2 aromatic carbocycles. The van der Waals surface area contributed by atoms with Crippen molar-refractivity contribution in [1.82, 2.24) is 0 Å². The van der Waals surface area contributed by atoms with Crippen molar-refractivity contribution < 1.29 is 4.79 Å². The van der Waals surface area contributed by atoms with Gasteiger partial charge in [0.15, 0.2) is 0 Å². The van der Waals surface area contributed by atoms with Crippen LogP contribution in [-0.2, 0) is 4.79 Å². The molecule has 0 saturated carbocycles. The molecule has 0 aliphatic carbocycles. The molecule has 1 amide bonds. The second-order valence-electron chi connectivity index (χ2n) is 6.85. The van der Waals surface area contributed by atoms with Crippen molar-refractivity contribution in [2.75, 3.05) is 5.01 Å². The Kier molecular flexibility index (Phi) is 5.33. The molecule has 2 N–H and O–H groups in total. The van der Waals surface area contributed by atoms with Gasteiger partial charge >= 0.3 is 0 Å². The van der Waals surface area contributed by atoms with Crippen LogP contribution in [0.15, 0.2) is 59.7 Å². The first-order valence-corrected chi connectivity index (χ1v) is 9.36. The molecule has 1 aliphatic rings. The summed E-state index contributed by atoms with van der Waals surface area (Å²) in [6.07, 6.45) is 2.90. The first kappa shape index (κ1) is 18.5. The fourth-order valence-corrected chi connectivity index (χ4v) is 3.70. The number of carbonyl (C=O) groups is 1. The zero-order chi connectivity index (χ0) is 18.7. The number of para-hydroxylation sites is 1. The summed E-state index contributed by atoms with van der Waals surface area (Å²) in [5.74, 6) is -0.448. The van der Waals surface area contributed by atoms with Gasteiger partial charge in [0.05, 0.1) is 11.4 Å². The van der Waals surface area contributed by atoms with Crippen molar-refractivity contribution in [2.45, 2.75) is 38.6 Å². The number of nitrogens with two attached hydrogens (primary N) is 1. The monoisotopic (exact) mass is 369 g/mol. The minimum atomic E-state index is -0.911. The van der Waals surface area contributed by atoms with Gasteiger partial charge in [-0.15, -0.1) is 0 Å². The standard InChI is InChI=1S/C21H24ClN3O/c1-3-4-10-18-19(15-11-13-16(22)14-12-15)24-25(21(18,2)20(23)26)17-8-6-5-7-9-17/h5-9,11-14,18H,3-4,10H2,1-2H3,(H2,23,26). The number of hydrazone groups is 1. The van der Waals surface area contributed by atoms with Gasteiger partial charge in [0, 0.05) is 10.9 Å². The molecule has 0 bridgehead atoms. The molecule has 1 aliphatic heterocycles. The summed E-state index contributed by atoms with van der Waals surface area (Å²) in [6.45, 7) is 4.04. The maximum absolute atomic E-state index is 12.6. The zero-order valence-electron chi connectivity index (χ0n) is 15.2. The summed E-state index contributed by atoms with van der Waals surface area (Å²) < 4.78 is 0. The molecule has 2 unspecified atom stereocenters. The van der Waals surface area contributed by atoms with Crippen LogP contribution >= 0.6 is 11.6 Å². The number of carbonyl (C=O) groups excluding carboxylic acids is 1. The second kappa shape index (κ2) is 7.50. The highest BCUT2D eigenvalue weighted by atomic mass is 35.5. The van der Waals surface area contributed by atoms with Crippen LogP contribution in [0.2, 0.25) is 5.02 Å². The molecule has 136 valence electrons. The SMILES string of the molecule is CCCCC1C(c2ccc(Cl)cc2)=NN(c2ccccc2)C1(C)C(N)=O. The number of nitrogens with zero attached hydrogens (tertiary/aromatic N) is 2. The number of hydrogen-bond donors (Lipinski definition) is 1. The van der Waals surface area contributed by atoms with E-state index in [1.54, 1.807) is 5.01 Å². The third-order valence-electron chi connectivity index (χ3n) is 5.14. The number of hydrogen-bond acceptors (Lipinski definition) is 3. The Morgan fingerprint density at radius 2 is 1.85 bits per heavy atom. The van der Waals surface area contributed by atoms with E-state index in [-0.39, 0.29) is 11.8 Å². The lowest BCUT2D eigenvalue weighted by Crippen LogP contribution is -2.56. The van der Waals surface area contributed by atoms with Crippen LogP contribution in [0.3, 0.4) is 0 Å². The van der Waals surface area contributed by atoms with Gasteiger partial charge in [0.25, 0.3) is 0 Å². The van der Waals surface area contributed by atoms with E-state index in [9.17, 15) is 4.79 Å². The number of benzene rings is 2. The van der Waals surface area contributed by atoms with Crippen molar-refractivity contribution >= 4 is 28.9 Å². The molecule has 0 radical (unpaired) electrons. The van der Waals surface area contributed by atoms with E-state index in [1.165, 1.54) is 0 Å². The van der Waals surface area contributed by atoms with Crippen LogP contribution in [0.5, 0.6) is 0 Å². The van der Waals surface area contributed by atoms with Crippen LogP contribution in [-0.4, -0.2) is 17.2 Å². The lowest BCUT2D eigenvalue weighted by atomic mass is 9.77. The second-order valence-corrected chi connectivity index (χ2v) is 7.28. The Morgan fingerprint density at radius 1 is 1.19 bits per heavy atom. The summed E-state index contributed by atoms with van der Waals surface area (Å²) in [6, 6.07) is 17.3. The van der Waals surface area contributed by atoms with Gasteiger partial charge in [-0.2, -0.15) is 5.10 Å². The van der Waals surface area contributed by atoms with Crippen LogP contribution in [0.1, 0.15) is 38.7 Å². The third kappa shape index (κ3) is 3.21. The predicted molar refractivity (Wildman–Crippen MR) is 108 cm³/mol. The average Bonchev–Trinajstić information content (AvgIpc) is 2.95. The Labute approximate surface area is 159 Å². The Hall–Kier alpha value is -2.33. The number of amides is 1. The topological polar surface area (TPSA) is 58.7 Å². The molecule has 0 saturated heterocycles. The van der Waals surface area contributed by atoms with Gasteiger partial charge in [-0.05, 0) is 43.2 Å². The van der Waals surface area contributed by atoms with Gasteiger partial charge in [0.2, 0.25) is 5.91 Å². The highest BCUT2D eigenvalue weighted by Crippen LogP contribution is 2.41. The maximum atomic E-state index is 12.6. The molecule has 2 aromatic rings. The van der Waals surface area contributed by atoms with Gasteiger partial charge in [0.1, 0.15) is 5.54 Å². The third-order valence-corrected chi connectivity index (χ3v) is 5.39. The number of halogens is 1. The van der Waals surface area contributed by atoms with Crippen LogP contribution in [0, 0.1) is 5.92 Å². The van der Waals surface area contributed by atoms with E-state index in [1.807, 2.05) is 61.5 Å². The van der Waals surface area contributed by atoms with E-state index in [2.05, 4.69) is 6.92 Å². The molecule has 0 aromatic heterocycles. The molecular formula is C21H24ClN3O. The number of anilines is 1. The number of rotatable bonds is 6. The highest BCUT2D eigenvalue weighted by Gasteiger charge is 2.52. The lowest BCUT2D eigenvalue weighted by molar-refractivity contribution is -0.123. The summed E-state index contributed by atoms with van der Waals surface area (Å²) in [5, 5.41) is 7.34. The average molecular weight is 370 g/mol. The fourth-order valence-electron chi connectivity index (χ4n) is 3.57. The summed E-state index contributed by atoms with van der Waals surface area (Å²) in [5.41, 5.74) is 7.72. The summed E-state index contributed by atoms with van der Waals surface area (Å²) >= 11 is 6.04. The maximum Gasteiger partial charge on any atom is 0.245 e. The largest absolute Gasteiger partial charge is 0.368 e. The number of unbranched alkanes of at least 4 members (excludes halogenated alkanes) is 1. The minimum absolute atomic E-state index is 0.0821. The van der Waals surface area contributed by atoms with Gasteiger partial charge < -0.3 is 5.73 Å². The van der Waals surface area contributed by atoms with Crippen molar-refractivity contribution in [3.8, 4) is 0 Å². The molecule has 2 atom stereocenters. The molecule has 4 nitrogen and oxygen atoms in total. The molecule has 3 rings (SSSR count).